The zero-order valence-electron chi connectivity index (χ0n) is 20.8. The predicted octanol–water partition coefficient (Wildman–Crippen LogP) is 6.18. The number of hydrogen-bond donors (Lipinski definition) is 2. The van der Waals surface area contributed by atoms with Crippen LogP contribution in [0, 0.1) is 0 Å². The van der Waals surface area contributed by atoms with Gasteiger partial charge in [0.05, 0.1) is 5.56 Å². The number of carboxylic acids is 2. The van der Waals surface area contributed by atoms with Gasteiger partial charge in [-0.15, -0.1) is 0 Å². The summed E-state index contributed by atoms with van der Waals surface area (Å²) in [6, 6.07) is 25.5. The monoisotopic (exact) mass is 540 g/mol. The van der Waals surface area contributed by atoms with Gasteiger partial charge in [0.15, 0.2) is 0 Å². The third kappa shape index (κ3) is 9.26. The van der Waals surface area contributed by atoms with Crippen LogP contribution in [-0.4, -0.2) is 46.7 Å². The predicted molar refractivity (Wildman–Crippen MR) is 141 cm³/mol. The molecular weight excluding hydrogens is 513 g/mol. The van der Waals surface area contributed by atoms with Crippen molar-refractivity contribution in [1.29, 1.82) is 0 Å². The summed E-state index contributed by atoms with van der Waals surface area (Å²) in [5.41, 5.74) is 1.58. The average molecular weight is 541 g/mol. The number of hydrogen-bond acceptors (Lipinski definition) is 5. The minimum absolute atomic E-state index is 0.176. The Morgan fingerprint density at radius 3 is 1.95 bits per heavy atom. The molecule has 0 unspecified atom stereocenters. The number of ether oxygens (including phenoxy) is 1. The highest BCUT2D eigenvalue weighted by atomic mass is 19.4. The van der Waals surface area contributed by atoms with Gasteiger partial charge in [-0.1, -0.05) is 42.5 Å². The summed E-state index contributed by atoms with van der Waals surface area (Å²) < 4.78 is 44.3. The Morgan fingerprint density at radius 1 is 0.872 bits per heavy atom. The molecule has 1 aliphatic heterocycles. The molecule has 4 rings (SSSR count). The van der Waals surface area contributed by atoms with Crippen LogP contribution in [0.1, 0.15) is 12.0 Å². The standard InChI is InChI=1S/C27H25F3N2O.C2H2O4/c28-27(29,30)22-9-7-14-26(21-22)33-25-15-19-31(20-16-25)17-8-18-32(23-10-3-1-4-11-23)24-12-5-2-6-13-24;3-1(4)2(5)6/h1-7,9-16,19,21H,8,17-18,20H2;(H,3,4)(H,5,6). The Balaban J connectivity index is 0.000000631. The molecule has 0 amide bonds. The van der Waals surface area contributed by atoms with Crippen molar-refractivity contribution in [3.8, 4) is 5.75 Å². The van der Waals surface area contributed by atoms with Gasteiger partial charge in [0.25, 0.3) is 0 Å². The summed E-state index contributed by atoms with van der Waals surface area (Å²) in [5.74, 6) is -2.93. The minimum atomic E-state index is -4.39. The van der Waals surface area contributed by atoms with E-state index in [1.165, 1.54) is 12.1 Å². The van der Waals surface area contributed by atoms with Crippen molar-refractivity contribution < 1.29 is 37.7 Å². The van der Waals surface area contributed by atoms with E-state index in [2.05, 4.69) is 34.1 Å². The number of anilines is 2. The van der Waals surface area contributed by atoms with E-state index >= 15 is 0 Å². The highest BCUT2D eigenvalue weighted by Gasteiger charge is 2.30. The first-order valence-corrected chi connectivity index (χ1v) is 11.9. The molecule has 204 valence electrons. The molecule has 0 fully saturated rings. The first-order chi connectivity index (χ1) is 18.6. The van der Waals surface area contributed by atoms with E-state index in [1.54, 1.807) is 6.08 Å². The van der Waals surface area contributed by atoms with Gasteiger partial charge in [-0.05, 0) is 61.0 Å². The summed E-state index contributed by atoms with van der Waals surface area (Å²) in [5, 5.41) is 14.8. The lowest BCUT2D eigenvalue weighted by atomic mass is 10.2. The van der Waals surface area contributed by atoms with Crippen molar-refractivity contribution in [3.63, 3.8) is 0 Å². The van der Waals surface area contributed by atoms with Crippen molar-refractivity contribution in [2.24, 2.45) is 0 Å². The Labute approximate surface area is 223 Å². The van der Waals surface area contributed by atoms with E-state index in [4.69, 9.17) is 24.5 Å². The van der Waals surface area contributed by atoms with Crippen molar-refractivity contribution >= 4 is 23.3 Å². The molecule has 3 aromatic rings. The maximum atomic E-state index is 12.9. The third-order valence-electron chi connectivity index (χ3n) is 5.52. The molecule has 3 aromatic carbocycles. The van der Waals surface area contributed by atoms with Crippen molar-refractivity contribution in [1.82, 2.24) is 4.90 Å². The van der Waals surface area contributed by atoms with Crippen molar-refractivity contribution in [3.05, 3.63) is 115 Å². The first kappa shape index (κ1) is 28.8. The number of carbonyl (C=O) groups is 2. The number of aliphatic carboxylic acids is 2. The molecule has 1 heterocycles. The summed E-state index contributed by atoms with van der Waals surface area (Å²) in [6.07, 6.45) is 2.15. The van der Waals surface area contributed by atoms with Crippen LogP contribution < -0.4 is 9.64 Å². The van der Waals surface area contributed by atoms with Gasteiger partial charge >= 0.3 is 18.1 Å². The lowest BCUT2D eigenvalue weighted by molar-refractivity contribution is -0.159. The number of halogens is 3. The van der Waals surface area contributed by atoms with Crippen LogP contribution in [0.5, 0.6) is 5.75 Å². The molecule has 7 nitrogen and oxygen atoms in total. The van der Waals surface area contributed by atoms with Gasteiger partial charge in [0, 0.05) is 37.2 Å². The zero-order valence-corrected chi connectivity index (χ0v) is 20.8. The molecule has 0 radical (unpaired) electrons. The lowest BCUT2D eigenvalue weighted by Crippen LogP contribution is -2.26. The molecule has 1 aliphatic rings. The molecule has 0 bridgehead atoms. The van der Waals surface area contributed by atoms with Crippen LogP contribution in [0.2, 0.25) is 0 Å². The smallest absolute Gasteiger partial charge is 0.416 e. The van der Waals surface area contributed by atoms with Gasteiger partial charge in [0.2, 0.25) is 0 Å². The van der Waals surface area contributed by atoms with Crippen LogP contribution in [0.4, 0.5) is 24.5 Å². The lowest BCUT2D eigenvalue weighted by Gasteiger charge is -2.27. The number of nitrogens with zero attached hydrogens (tertiary/aromatic N) is 2. The number of benzene rings is 3. The van der Waals surface area contributed by atoms with Crippen molar-refractivity contribution in [2.45, 2.75) is 12.6 Å². The van der Waals surface area contributed by atoms with Gasteiger partial charge in [-0.25, -0.2) is 9.59 Å². The van der Waals surface area contributed by atoms with Gasteiger partial charge in [-0.3, -0.25) is 0 Å². The quantitative estimate of drug-likeness (QED) is 0.330. The van der Waals surface area contributed by atoms with E-state index < -0.39 is 23.7 Å². The average Bonchev–Trinajstić information content (AvgIpc) is 2.93. The van der Waals surface area contributed by atoms with Crippen LogP contribution in [0.15, 0.2) is 109 Å². The minimum Gasteiger partial charge on any atom is -0.473 e. The second-order valence-corrected chi connectivity index (χ2v) is 8.33. The highest BCUT2D eigenvalue weighted by Crippen LogP contribution is 2.32. The summed E-state index contributed by atoms with van der Waals surface area (Å²) in [6.45, 7) is 2.34. The van der Waals surface area contributed by atoms with E-state index in [1.807, 2.05) is 48.7 Å². The first-order valence-electron chi connectivity index (χ1n) is 11.9. The number of alkyl halides is 3. The van der Waals surface area contributed by atoms with Crippen LogP contribution in [0.25, 0.3) is 0 Å². The zero-order chi connectivity index (χ0) is 28.3. The Kier molecular flexibility index (Phi) is 10.1. The van der Waals surface area contributed by atoms with Crippen LogP contribution >= 0.6 is 0 Å². The molecule has 0 aromatic heterocycles. The molecule has 39 heavy (non-hydrogen) atoms. The van der Waals surface area contributed by atoms with Crippen LogP contribution in [-0.2, 0) is 15.8 Å². The van der Waals surface area contributed by atoms with Crippen molar-refractivity contribution in [2.75, 3.05) is 24.5 Å². The van der Waals surface area contributed by atoms with Gasteiger partial charge in [0.1, 0.15) is 11.5 Å². The molecule has 0 aliphatic carbocycles. The second kappa shape index (κ2) is 13.7. The molecule has 0 saturated heterocycles. The molecule has 2 N–H and O–H groups in total. The molecule has 0 atom stereocenters. The van der Waals surface area contributed by atoms with E-state index in [-0.39, 0.29) is 5.75 Å². The molecule has 10 heteroatoms. The topological polar surface area (TPSA) is 90.3 Å². The normalized spacial score (nSPS) is 12.6. The summed E-state index contributed by atoms with van der Waals surface area (Å²) in [7, 11) is 0. The largest absolute Gasteiger partial charge is 0.473 e. The van der Waals surface area contributed by atoms with Gasteiger partial charge in [-0.2, -0.15) is 13.2 Å². The number of carboxylic acid groups (broad SMARTS) is 2. The SMILES string of the molecule is FC(F)(F)c1cccc(OC2=CCN(CCCN(c3ccccc3)c3ccccc3)C=C2)c1.O=C(O)C(=O)O. The van der Waals surface area contributed by atoms with E-state index in [0.717, 1.165) is 43.0 Å². The summed E-state index contributed by atoms with van der Waals surface area (Å²) >= 11 is 0. The second-order valence-electron chi connectivity index (χ2n) is 8.33. The highest BCUT2D eigenvalue weighted by molar-refractivity contribution is 6.27. The Bertz CT molecular complexity index is 1240. The summed E-state index contributed by atoms with van der Waals surface area (Å²) in [4.78, 5) is 22.7. The Hall–Kier alpha value is -4.73. The van der Waals surface area contributed by atoms with E-state index in [0.29, 0.717) is 12.3 Å². The Morgan fingerprint density at radius 2 is 1.46 bits per heavy atom. The molecular formula is C29H27F3N2O5. The fourth-order valence-electron chi connectivity index (χ4n) is 3.68. The van der Waals surface area contributed by atoms with Crippen LogP contribution in [0.3, 0.4) is 0 Å². The third-order valence-corrected chi connectivity index (χ3v) is 5.52. The number of allylic oxidation sites excluding steroid dienone is 1. The number of rotatable bonds is 8. The number of para-hydroxylation sites is 2. The van der Waals surface area contributed by atoms with Gasteiger partial charge < -0.3 is 24.7 Å². The molecule has 0 saturated carbocycles. The fourth-order valence-corrected chi connectivity index (χ4v) is 3.68. The fraction of sp³-hybridized carbons (Fsp3) is 0.172. The maximum Gasteiger partial charge on any atom is 0.416 e. The maximum absolute atomic E-state index is 12.9. The molecule has 0 spiro atoms. The van der Waals surface area contributed by atoms with E-state index in [9.17, 15) is 13.2 Å².